The maximum atomic E-state index is 13.7. The van der Waals surface area contributed by atoms with Gasteiger partial charge >= 0.3 is 6.09 Å². The van der Waals surface area contributed by atoms with Crippen LogP contribution in [0.4, 0.5) is 9.18 Å². The second-order valence-electron chi connectivity index (χ2n) is 6.88. The Morgan fingerprint density at radius 2 is 2.04 bits per heavy atom. The van der Waals surface area contributed by atoms with Crippen molar-refractivity contribution in [1.82, 2.24) is 10.6 Å². The minimum absolute atomic E-state index is 0.0224. The van der Waals surface area contributed by atoms with E-state index in [0.717, 1.165) is 12.0 Å². The molecule has 0 saturated heterocycles. The van der Waals surface area contributed by atoms with Gasteiger partial charge < -0.3 is 20.1 Å². The molecule has 1 aromatic rings. The van der Waals surface area contributed by atoms with Gasteiger partial charge in [0.05, 0.1) is 7.11 Å². The predicted octanol–water partition coefficient (Wildman–Crippen LogP) is 3.15. The topological polar surface area (TPSA) is 59.6 Å². The smallest absolute Gasteiger partial charge is 0.407 e. The molecule has 23 heavy (non-hydrogen) atoms. The average Bonchev–Trinajstić information content (AvgIpc) is 3.13. The maximum absolute atomic E-state index is 13.7. The first kappa shape index (κ1) is 17.5. The van der Waals surface area contributed by atoms with Crippen molar-refractivity contribution in [1.29, 1.82) is 0 Å². The van der Waals surface area contributed by atoms with Crippen molar-refractivity contribution in [2.45, 2.75) is 57.8 Å². The van der Waals surface area contributed by atoms with E-state index in [1.165, 1.54) is 13.2 Å². The monoisotopic (exact) mass is 324 g/mol. The van der Waals surface area contributed by atoms with Gasteiger partial charge in [-0.05, 0) is 51.8 Å². The van der Waals surface area contributed by atoms with E-state index >= 15 is 0 Å². The van der Waals surface area contributed by atoms with Crippen LogP contribution >= 0.6 is 0 Å². The summed E-state index contributed by atoms with van der Waals surface area (Å²) in [5.74, 6) is -0.144. The summed E-state index contributed by atoms with van der Waals surface area (Å²) >= 11 is 0. The number of amides is 1. The lowest BCUT2D eigenvalue weighted by Crippen LogP contribution is -2.37. The molecule has 6 heteroatoms. The van der Waals surface area contributed by atoms with Gasteiger partial charge in [0.1, 0.15) is 5.60 Å². The number of halogens is 1. The van der Waals surface area contributed by atoms with Crippen LogP contribution in [0.2, 0.25) is 0 Å². The molecule has 3 unspecified atom stereocenters. The van der Waals surface area contributed by atoms with Crippen molar-refractivity contribution in [2.75, 3.05) is 7.11 Å². The molecule has 128 valence electrons. The maximum Gasteiger partial charge on any atom is 0.407 e. The van der Waals surface area contributed by atoms with E-state index in [1.54, 1.807) is 6.07 Å². The first-order chi connectivity index (χ1) is 10.7. The third-order valence-electron chi connectivity index (χ3n) is 3.63. The van der Waals surface area contributed by atoms with Crippen LogP contribution in [-0.2, 0) is 4.74 Å². The van der Waals surface area contributed by atoms with Gasteiger partial charge in [0.2, 0.25) is 0 Å². The Morgan fingerprint density at radius 1 is 1.35 bits per heavy atom. The van der Waals surface area contributed by atoms with Gasteiger partial charge in [-0.1, -0.05) is 6.07 Å². The number of hydrogen-bond acceptors (Lipinski definition) is 4. The third kappa shape index (κ3) is 5.10. The molecule has 2 rings (SSSR count). The predicted molar refractivity (Wildman–Crippen MR) is 86.1 cm³/mol. The third-order valence-corrected chi connectivity index (χ3v) is 3.63. The summed E-state index contributed by atoms with van der Waals surface area (Å²) in [5, 5.41) is 6.20. The normalized spacial score (nSPS) is 21.5. The summed E-state index contributed by atoms with van der Waals surface area (Å²) in [7, 11) is 1.44. The standard InChI is InChI=1S/C17H25FN2O3/c1-10(11-6-7-15(22-5)12(18)8-11)19-13-9-14(13)20-16(21)23-17(2,3)4/h6-8,10,13-14,19H,9H2,1-5H3,(H,20,21). The molecule has 0 heterocycles. The van der Waals surface area contributed by atoms with Crippen molar-refractivity contribution in [3.05, 3.63) is 29.6 Å². The number of hydrogen-bond donors (Lipinski definition) is 2. The van der Waals surface area contributed by atoms with Gasteiger partial charge in [-0.25, -0.2) is 9.18 Å². The number of methoxy groups -OCH3 is 1. The minimum atomic E-state index is -0.504. The molecule has 5 nitrogen and oxygen atoms in total. The lowest BCUT2D eigenvalue weighted by molar-refractivity contribution is 0.0522. The molecule has 2 N–H and O–H groups in total. The molecule has 1 aliphatic rings. The number of ether oxygens (including phenoxy) is 2. The van der Waals surface area contributed by atoms with Gasteiger partial charge in [-0.2, -0.15) is 0 Å². The Balaban J connectivity index is 1.82. The highest BCUT2D eigenvalue weighted by atomic mass is 19.1. The number of carbonyl (C=O) groups excluding carboxylic acids is 1. The van der Waals surface area contributed by atoms with Crippen molar-refractivity contribution in [2.24, 2.45) is 0 Å². The Bertz CT molecular complexity index is 571. The summed E-state index contributed by atoms with van der Waals surface area (Å²) < 4.78 is 23.9. The SMILES string of the molecule is COc1ccc(C(C)NC2CC2NC(=O)OC(C)(C)C)cc1F. The molecule has 1 amide bonds. The van der Waals surface area contributed by atoms with Crippen molar-refractivity contribution >= 4 is 6.09 Å². The van der Waals surface area contributed by atoms with E-state index in [9.17, 15) is 9.18 Å². The molecule has 0 aliphatic heterocycles. The van der Waals surface area contributed by atoms with Crippen molar-refractivity contribution < 1.29 is 18.7 Å². The van der Waals surface area contributed by atoms with E-state index in [-0.39, 0.29) is 29.7 Å². The van der Waals surface area contributed by atoms with Crippen LogP contribution in [0.3, 0.4) is 0 Å². The Morgan fingerprint density at radius 3 is 2.61 bits per heavy atom. The molecule has 1 aromatic carbocycles. The highest BCUT2D eigenvalue weighted by Crippen LogP contribution is 2.27. The van der Waals surface area contributed by atoms with Crippen LogP contribution in [0.25, 0.3) is 0 Å². The summed E-state index contributed by atoms with van der Waals surface area (Å²) in [6, 6.07) is 5.11. The van der Waals surface area contributed by atoms with Gasteiger partial charge in [0, 0.05) is 18.1 Å². The fraction of sp³-hybridized carbons (Fsp3) is 0.588. The largest absolute Gasteiger partial charge is 0.494 e. The minimum Gasteiger partial charge on any atom is -0.494 e. The Kier molecular flexibility index (Phi) is 5.14. The van der Waals surface area contributed by atoms with Gasteiger partial charge in [-0.3, -0.25) is 0 Å². The zero-order chi connectivity index (χ0) is 17.2. The van der Waals surface area contributed by atoms with E-state index in [2.05, 4.69) is 10.6 Å². The van der Waals surface area contributed by atoms with E-state index in [1.807, 2.05) is 33.8 Å². The number of rotatable bonds is 5. The molecule has 0 radical (unpaired) electrons. The van der Waals surface area contributed by atoms with Gasteiger partial charge in [0.25, 0.3) is 0 Å². The van der Waals surface area contributed by atoms with Crippen LogP contribution in [0, 0.1) is 5.82 Å². The van der Waals surface area contributed by atoms with Crippen LogP contribution in [0.5, 0.6) is 5.75 Å². The lowest BCUT2D eigenvalue weighted by Gasteiger charge is -2.20. The van der Waals surface area contributed by atoms with Crippen LogP contribution in [0.15, 0.2) is 18.2 Å². The van der Waals surface area contributed by atoms with Crippen LogP contribution in [-0.4, -0.2) is 30.9 Å². The fourth-order valence-corrected chi connectivity index (χ4v) is 2.37. The number of benzene rings is 1. The molecule has 1 saturated carbocycles. The summed E-state index contributed by atoms with van der Waals surface area (Å²) in [6.07, 6.45) is 0.428. The lowest BCUT2D eigenvalue weighted by atomic mass is 10.1. The van der Waals surface area contributed by atoms with Crippen molar-refractivity contribution in [3.8, 4) is 5.75 Å². The highest BCUT2D eigenvalue weighted by molar-refractivity contribution is 5.68. The molecule has 0 bridgehead atoms. The second kappa shape index (κ2) is 6.74. The van der Waals surface area contributed by atoms with Crippen molar-refractivity contribution in [3.63, 3.8) is 0 Å². The Labute approximate surface area is 136 Å². The first-order valence-electron chi connectivity index (χ1n) is 7.78. The first-order valence-corrected chi connectivity index (χ1v) is 7.78. The number of carbonyl (C=O) groups is 1. The highest BCUT2D eigenvalue weighted by Gasteiger charge is 2.40. The number of alkyl carbamates (subject to hydrolysis) is 1. The Hall–Kier alpha value is -1.82. The quantitative estimate of drug-likeness (QED) is 0.873. The molecular weight excluding hydrogens is 299 g/mol. The van der Waals surface area contributed by atoms with Crippen LogP contribution < -0.4 is 15.4 Å². The van der Waals surface area contributed by atoms with E-state index in [4.69, 9.17) is 9.47 Å². The summed E-state index contributed by atoms with van der Waals surface area (Å²) in [5.41, 5.74) is 0.335. The van der Waals surface area contributed by atoms with Gasteiger partial charge in [0.15, 0.2) is 11.6 Å². The zero-order valence-corrected chi connectivity index (χ0v) is 14.3. The molecule has 1 aliphatic carbocycles. The molecule has 0 aromatic heterocycles. The molecular formula is C17H25FN2O3. The molecule has 3 atom stereocenters. The summed E-state index contributed by atoms with van der Waals surface area (Å²) in [4.78, 5) is 11.7. The molecule has 1 fully saturated rings. The summed E-state index contributed by atoms with van der Waals surface area (Å²) in [6.45, 7) is 7.45. The van der Waals surface area contributed by atoms with E-state index in [0.29, 0.717) is 0 Å². The van der Waals surface area contributed by atoms with E-state index < -0.39 is 11.7 Å². The fourth-order valence-electron chi connectivity index (χ4n) is 2.37. The average molecular weight is 324 g/mol. The van der Waals surface area contributed by atoms with Gasteiger partial charge in [-0.15, -0.1) is 0 Å². The zero-order valence-electron chi connectivity index (χ0n) is 14.3. The van der Waals surface area contributed by atoms with Crippen LogP contribution in [0.1, 0.15) is 45.7 Å². The molecule has 0 spiro atoms. The second-order valence-corrected chi connectivity index (χ2v) is 6.88. The number of nitrogens with one attached hydrogen (secondary N) is 2.